The maximum Gasteiger partial charge on any atom is 0.159 e. The smallest absolute Gasteiger partial charge is 0.159 e. The number of anilines is 6. The monoisotopic (exact) mass is 916 g/mol. The van der Waals surface area contributed by atoms with Gasteiger partial charge in [-0.3, -0.25) is 0 Å². The molecular formula is C66H52N2OSi. The molecule has 1 aliphatic heterocycles. The van der Waals surface area contributed by atoms with Gasteiger partial charge in [0.15, 0.2) is 5.58 Å². The minimum Gasteiger partial charge on any atom is -0.454 e. The van der Waals surface area contributed by atoms with E-state index in [1.54, 1.807) is 0 Å². The topological polar surface area (TPSA) is 19.6 Å². The van der Waals surface area contributed by atoms with Crippen LogP contribution in [0.4, 0.5) is 34.1 Å². The van der Waals surface area contributed by atoms with Gasteiger partial charge in [-0.25, -0.2) is 0 Å². The molecule has 0 fully saturated rings. The van der Waals surface area contributed by atoms with Crippen molar-refractivity contribution >= 4 is 107 Å². The summed E-state index contributed by atoms with van der Waals surface area (Å²) in [4.78, 5) is 4.83. The molecule has 3 nitrogen and oxygen atoms in total. The minimum absolute atomic E-state index is 0.891. The maximum absolute atomic E-state index is 6.70. The Morgan fingerprint density at radius 2 is 0.886 bits per heavy atom. The zero-order chi connectivity index (χ0) is 47.4. The Morgan fingerprint density at radius 1 is 0.357 bits per heavy atom. The number of benzene rings is 11. The van der Waals surface area contributed by atoms with Gasteiger partial charge in [-0.1, -0.05) is 147 Å². The van der Waals surface area contributed by atoms with Gasteiger partial charge in [0.1, 0.15) is 13.7 Å². The molecule has 13 rings (SSSR count). The second-order valence-electron chi connectivity index (χ2n) is 19.7. The Balaban J connectivity index is 1.02. The molecule has 336 valence electrons. The van der Waals surface area contributed by atoms with Gasteiger partial charge in [0.2, 0.25) is 0 Å². The SMILES string of the molecule is Cc1c(C)c(N(c2ccccc2)c2ccccc2)c(C)c(C)c1-c1cc2c3cccc4c3c(cc2c2ccccc12)-c1ccc(N(c2ccccc2)c2cccc3c2oc2ccccc23)cc1[Si]4(C)C. The van der Waals surface area contributed by atoms with Crippen molar-refractivity contribution in [2.24, 2.45) is 0 Å². The van der Waals surface area contributed by atoms with Crippen LogP contribution in [-0.2, 0) is 0 Å². The van der Waals surface area contributed by atoms with Crippen LogP contribution in [0.1, 0.15) is 22.3 Å². The summed E-state index contributed by atoms with van der Waals surface area (Å²) in [7, 11) is -2.30. The third kappa shape index (κ3) is 6.19. The highest BCUT2D eigenvalue weighted by atomic mass is 28.3. The Hall–Kier alpha value is -8.18. The van der Waals surface area contributed by atoms with Crippen molar-refractivity contribution in [3.8, 4) is 22.3 Å². The Morgan fingerprint density at radius 3 is 1.56 bits per heavy atom. The van der Waals surface area contributed by atoms with Gasteiger partial charge >= 0.3 is 0 Å². The molecule has 1 aliphatic rings. The third-order valence-electron chi connectivity index (χ3n) is 15.6. The van der Waals surface area contributed by atoms with E-state index in [0.717, 1.165) is 50.4 Å². The first-order valence-corrected chi connectivity index (χ1v) is 27.5. The summed E-state index contributed by atoms with van der Waals surface area (Å²) in [5.41, 5.74) is 19.1. The standard InChI is InChI=1S/C66H52N2OSi/c1-41-43(3)65(68(46-24-12-8-13-25-46)47-26-14-9-15-27-47)44(4)42(2)63(41)57-40-56-53-31-21-35-61-64(53)58(39-55(56)49-28-16-17-29-50(49)57)52-37-36-48(38-62(52)70(61,5)6)67(45-22-10-7-11-23-45)59-33-20-32-54-51-30-18-19-34-60(51)69-66(54)59/h7-40H,1-6H3. The molecule has 0 aliphatic carbocycles. The number of fused-ring (bicyclic) bond motifs is 9. The average Bonchev–Trinajstić information content (AvgIpc) is 3.79. The molecule has 4 heteroatoms. The van der Waals surface area contributed by atoms with Crippen LogP contribution in [0.5, 0.6) is 0 Å². The minimum atomic E-state index is -2.30. The van der Waals surface area contributed by atoms with Crippen molar-refractivity contribution in [3.63, 3.8) is 0 Å². The fourth-order valence-electron chi connectivity index (χ4n) is 12.1. The molecule has 0 radical (unpaired) electrons. The Labute approximate surface area is 410 Å². The van der Waals surface area contributed by atoms with Crippen molar-refractivity contribution in [2.75, 3.05) is 9.80 Å². The van der Waals surface area contributed by atoms with E-state index in [1.165, 1.54) is 92.9 Å². The average molecular weight is 917 g/mol. The first kappa shape index (κ1) is 42.0. The summed E-state index contributed by atoms with van der Waals surface area (Å²) in [5.74, 6) is 0. The number of hydrogen-bond donors (Lipinski definition) is 0. The quantitative estimate of drug-likeness (QED) is 0.117. The van der Waals surface area contributed by atoms with Gasteiger partial charge < -0.3 is 14.2 Å². The fraction of sp³-hybridized carbons (Fsp3) is 0.0909. The molecule has 0 unspecified atom stereocenters. The molecule has 2 heterocycles. The highest BCUT2D eigenvalue weighted by Crippen LogP contribution is 2.49. The predicted octanol–water partition coefficient (Wildman–Crippen LogP) is 17.7. The van der Waals surface area contributed by atoms with Crippen LogP contribution in [0.3, 0.4) is 0 Å². The molecule has 0 spiro atoms. The van der Waals surface area contributed by atoms with Gasteiger partial charge in [-0.2, -0.15) is 0 Å². The molecule has 0 atom stereocenters. The molecule has 0 saturated heterocycles. The highest BCUT2D eigenvalue weighted by Gasteiger charge is 2.37. The lowest BCUT2D eigenvalue weighted by atomic mass is 9.83. The lowest BCUT2D eigenvalue weighted by molar-refractivity contribution is 0.669. The van der Waals surface area contributed by atoms with Crippen LogP contribution in [-0.4, -0.2) is 8.07 Å². The summed E-state index contributed by atoms with van der Waals surface area (Å²) in [5, 5.41) is 13.1. The predicted molar refractivity (Wildman–Crippen MR) is 302 cm³/mol. The van der Waals surface area contributed by atoms with Crippen molar-refractivity contribution in [1.29, 1.82) is 0 Å². The highest BCUT2D eigenvalue weighted by molar-refractivity contribution is 7.03. The van der Waals surface area contributed by atoms with Gasteiger partial charge in [-0.05, 0) is 188 Å². The summed E-state index contributed by atoms with van der Waals surface area (Å²) in [6.45, 7) is 14.4. The van der Waals surface area contributed by atoms with Gasteiger partial charge in [0.05, 0.1) is 11.4 Å². The Bertz CT molecular complexity index is 4010. The number of para-hydroxylation sites is 5. The van der Waals surface area contributed by atoms with Crippen LogP contribution in [0.25, 0.3) is 76.5 Å². The Kier molecular flexibility index (Phi) is 9.56. The van der Waals surface area contributed by atoms with E-state index in [1.807, 2.05) is 6.07 Å². The van der Waals surface area contributed by atoms with Crippen molar-refractivity contribution in [3.05, 3.63) is 229 Å². The molecule has 0 bridgehead atoms. The number of furan rings is 1. The summed E-state index contributed by atoms with van der Waals surface area (Å²) in [6.07, 6.45) is 0. The molecule has 1 aromatic heterocycles. The first-order chi connectivity index (χ1) is 34.2. The van der Waals surface area contributed by atoms with E-state index >= 15 is 0 Å². The van der Waals surface area contributed by atoms with Gasteiger partial charge in [-0.15, -0.1) is 0 Å². The maximum atomic E-state index is 6.70. The van der Waals surface area contributed by atoms with E-state index < -0.39 is 8.07 Å². The van der Waals surface area contributed by atoms with Crippen molar-refractivity contribution < 1.29 is 4.42 Å². The van der Waals surface area contributed by atoms with Crippen LogP contribution in [0.2, 0.25) is 13.1 Å². The first-order valence-electron chi connectivity index (χ1n) is 24.5. The van der Waals surface area contributed by atoms with E-state index in [0.29, 0.717) is 0 Å². The molecule has 0 amide bonds. The van der Waals surface area contributed by atoms with Crippen molar-refractivity contribution in [2.45, 2.75) is 40.8 Å². The summed E-state index contributed by atoms with van der Waals surface area (Å²) < 4.78 is 6.70. The van der Waals surface area contributed by atoms with Gasteiger partial charge in [0, 0.05) is 33.5 Å². The lowest BCUT2D eigenvalue weighted by Crippen LogP contribution is -2.56. The number of nitrogens with zero attached hydrogens (tertiary/aromatic N) is 2. The zero-order valence-electron chi connectivity index (χ0n) is 40.4. The largest absolute Gasteiger partial charge is 0.454 e. The van der Waals surface area contributed by atoms with Crippen LogP contribution < -0.4 is 20.2 Å². The van der Waals surface area contributed by atoms with Crippen LogP contribution >= 0.6 is 0 Å². The van der Waals surface area contributed by atoms with E-state index in [-0.39, 0.29) is 0 Å². The van der Waals surface area contributed by atoms with Crippen molar-refractivity contribution in [1.82, 2.24) is 0 Å². The molecule has 11 aromatic carbocycles. The van der Waals surface area contributed by atoms with E-state index in [2.05, 4.69) is 251 Å². The lowest BCUT2D eigenvalue weighted by Gasteiger charge is -2.36. The van der Waals surface area contributed by atoms with Crippen LogP contribution in [0.15, 0.2) is 211 Å². The number of rotatable bonds is 7. The summed E-state index contributed by atoms with van der Waals surface area (Å²) in [6, 6.07) is 75.8. The fourth-order valence-corrected chi connectivity index (χ4v) is 15.2. The molecule has 12 aromatic rings. The van der Waals surface area contributed by atoms with E-state index in [9.17, 15) is 0 Å². The third-order valence-corrected chi connectivity index (χ3v) is 19.2. The molecular weight excluding hydrogens is 865 g/mol. The summed E-state index contributed by atoms with van der Waals surface area (Å²) >= 11 is 0. The normalized spacial score (nSPS) is 12.8. The molecule has 0 N–H and O–H groups in total. The second kappa shape index (κ2) is 15.9. The number of hydrogen-bond acceptors (Lipinski definition) is 3. The zero-order valence-corrected chi connectivity index (χ0v) is 41.4. The molecule has 0 saturated carbocycles. The second-order valence-corrected chi connectivity index (χ2v) is 24.1. The molecule has 70 heavy (non-hydrogen) atoms. The van der Waals surface area contributed by atoms with Gasteiger partial charge in [0.25, 0.3) is 0 Å². The van der Waals surface area contributed by atoms with E-state index in [4.69, 9.17) is 4.42 Å². The van der Waals surface area contributed by atoms with Crippen LogP contribution in [0, 0.1) is 27.7 Å².